The second-order valence-electron chi connectivity index (χ2n) is 8.95. The van der Waals surface area contributed by atoms with Gasteiger partial charge in [0, 0.05) is 57.5 Å². The Labute approximate surface area is 161 Å². The van der Waals surface area contributed by atoms with Crippen molar-refractivity contribution in [3.05, 3.63) is 24.2 Å². The van der Waals surface area contributed by atoms with Gasteiger partial charge in [-0.15, -0.1) is 0 Å². The van der Waals surface area contributed by atoms with Crippen LogP contribution in [0.3, 0.4) is 0 Å². The number of amides is 2. The Kier molecular flexibility index (Phi) is 4.64. The van der Waals surface area contributed by atoms with E-state index in [9.17, 15) is 4.79 Å². The first kappa shape index (κ1) is 17.6. The Balaban J connectivity index is 1.27. The molecule has 27 heavy (non-hydrogen) atoms. The summed E-state index contributed by atoms with van der Waals surface area (Å²) < 4.78 is 10.9. The molecule has 1 spiro atoms. The maximum absolute atomic E-state index is 13.4. The summed E-state index contributed by atoms with van der Waals surface area (Å²) in [5.41, 5.74) is 1.25. The topological polar surface area (TPSA) is 49.2 Å². The Hall–Kier alpha value is -1.53. The average Bonchev–Trinajstić information content (AvgIpc) is 3.28. The van der Waals surface area contributed by atoms with Crippen LogP contribution in [0.1, 0.15) is 44.1 Å². The van der Waals surface area contributed by atoms with Crippen LogP contribution in [0.25, 0.3) is 0 Å². The van der Waals surface area contributed by atoms with Crippen LogP contribution in [0.4, 0.5) is 4.79 Å². The molecule has 4 aliphatic rings. The van der Waals surface area contributed by atoms with Crippen LogP contribution in [0, 0.1) is 5.92 Å². The van der Waals surface area contributed by atoms with E-state index in [1.54, 1.807) is 6.26 Å². The van der Waals surface area contributed by atoms with Crippen LogP contribution in [-0.4, -0.2) is 71.7 Å². The number of likely N-dealkylation sites (tertiary alicyclic amines) is 1. The van der Waals surface area contributed by atoms with Crippen molar-refractivity contribution >= 4 is 6.03 Å². The van der Waals surface area contributed by atoms with Crippen molar-refractivity contribution in [1.82, 2.24) is 14.7 Å². The Bertz CT molecular complexity index is 644. The molecule has 0 unspecified atom stereocenters. The van der Waals surface area contributed by atoms with Gasteiger partial charge in [-0.25, -0.2) is 4.79 Å². The predicted molar refractivity (Wildman–Crippen MR) is 101 cm³/mol. The van der Waals surface area contributed by atoms with Crippen molar-refractivity contribution in [2.24, 2.45) is 5.92 Å². The minimum atomic E-state index is 0.0155. The summed E-state index contributed by atoms with van der Waals surface area (Å²) in [5.74, 6) is 0.752. The third kappa shape index (κ3) is 3.49. The molecule has 3 saturated heterocycles. The summed E-state index contributed by atoms with van der Waals surface area (Å²) in [5, 5.41) is 0. The standard InChI is InChI=1S/C21H31N3O3/c25-20-23(14-17-1-2-17)16-21(6-11-26-12-7-21)24(20)19-3-8-22(9-4-19)13-18-5-10-27-15-18/h5,10,15,17,19H,1-4,6-9,11-14,16H2. The minimum Gasteiger partial charge on any atom is -0.472 e. The molecule has 0 N–H and O–H groups in total. The molecular weight excluding hydrogens is 342 g/mol. The molecule has 6 nitrogen and oxygen atoms in total. The fourth-order valence-electron chi connectivity index (χ4n) is 5.28. The Morgan fingerprint density at radius 3 is 2.56 bits per heavy atom. The van der Waals surface area contributed by atoms with Crippen LogP contribution >= 0.6 is 0 Å². The molecule has 3 aliphatic heterocycles. The molecule has 1 saturated carbocycles. The third-order valence-corrected chi connectivity index (χ3v) is 6.98. The van der Waals surface area contributed by atoms with Crippen molar-refractivity contribution in [3.8, 4) is 0 Å². The molecule has 4 heterocycles. The van der Waals surface area contributed by atoms with Crippen molar-refractivity contribution in [2.75, 3.05) is 39.4 Å². The molecule has 1 aromatic heterocycles. The second kappa shape index (κ2) is 7.13. The number of nitrogens with zero attached hydrogens (tertiary/aromatic N) is 3. The summed E-state index contributed by atoms with van der Waals surface area (Å²) in [4.78, 5) is 20.3. The summed E-state index contributed by atoms with van der Waals surface area (Å²) >= 11 is 0. The molecule has 6 heteroatoms. The van der Waals surface area contributed by atoms with E-state index in [0.29, 0.717) is 12.1 Å². The van der Waals surface area contributed by atoms with E-state index >= 15 is 0 Å². The second-order valence-corrected chi connectivity index (χ2v) is 8.95. The predicted octanol–water partition coefficient (Wildman–Crippen LogP) is 2.94. The van der Waals surface area contributed by atoms with Gasteiger partial charge in [0.25, 0.3) is 0 Å². The number of ether oxygens (including phenoxy) is 1. The Morgan fingerprint density at radius 2 is 1.89 bits per heavy atom. The van der Waals surface area contributed by atoms with Gasteiger partial charge in [-0.3, -0.25) is 4.90 Å². The smallest absolute Gasteiger partial charge is 0.320 e. The van der Waals surface area contributed by atoms with Crippen molar-refractivity contribution in [3.63, 3.8) is 0 Å². The maximum Gasteiger partial charge on any atom is 0.320 e. The van der Waals surface area contributed by atoms with E-state index in [0.717, 1.165) is 77.5 Å². The zero-order chi connectivity index (χ0) is 18.3. The van der Waals surface area contributed by atoms with Gasteiger partial charge in [0.15, 0.2) is 0 Å². The van der Waals surface area contributed by atoms with Crippen molar-refractivity contribution in [2.45, 2.75) is 56.7 Å². The van der Waals surface area contributed by atoms with E-state index in [2.05, 4.69) is 14.7 Å². The first-order valence-electron chi connectivity index (χ1n) is 10.6. The lowest BCUT2D eigenvalue weighted by atomic mass is 9.86. The van der Waals surface area contributed by atoms with Gasteiger partial charge >= 0.3 is 6.03 Å². The van der Waals surface area contributed by atoms with E-state index in [1.807, 2.05) is 12.3 Å². The first-order chi connectivity index (χ1) is 13.2. The number of rotatable bonds is 5. The van der Waals surface area contributed by atoms with E-state index in [-0.39, 0.29) is 5.54 Å². The first-order valence-corrected chi connectivity index (χ1v) is 10.6. The molecule has 0 atom stereocenters. The van der Waals surface area contributed by atoms with E-state index in [1.165, 1.54) is 18.4 Å². The summed E-state index contributed by atoms with van der Waals surface area (Å²) in [6.07, 6.45) is 10.3. The Morgan fingerprint density at radius 1 is 1.11 bits per heavy atom. The lowest BCUT2D eigenvalue weighted by Gasteiger charge is -2.46. The highest BCUT2D eigenvalue weighted by Gasteiger charge is 2.53. The monoisotopic (exact) mass is 373 g/mol. The number of carbonyl (C=O) groups excluding carboxylic acids is 1. The fraction of sp³-hybridized carbons (Fsp3) is 0.762. The molecule has 0 radical (unpaired) electrons. The highest BCUT2D eigenvalue weighted by atomic mass is 16.5. The maximum atomic E-state index is 13.4. The van der Waals surface area contributed by atoms with Gasteiger partial charge in [0.05, 0.1) is 18.1 Å². The molecule has 0 aromatic carbocycles. The lowest BCUT2D eigenvalue weighted by Crippen LogP contribution is -2.57. The highest BCUT2D eigenvalue weighted by Crippen LogP contribution is 2.41. The fourth-order valence-corrected chi connectivity index (χ4v) is 5.28. The number of urea groups is 1. The molecule has 148 valence electrons. The van der Waals surface area contributed by atoms with Gasteiger partial charge in [0.1, 0.15) is 0 Å². The molecule has 0 bridgehead atoms. The van der Waals surface area contributed by atoms with E-state index < -0.39 is 0 Å². The largest absolute Gasteiger partial charge is 0.472 e. The van der Waals surface area contributed by atoms with Gasteiger partial charge in [-0.1, -0.05) is 0 Å². The number of piperidine rings is 1. The van der Waals surface area contributed by atoms with Crippen LogP contribution in [0.2, 0.25) is 0 Å². The summed E-state index contributed by atoms with van der Waals surface area (Å²) in [6, 6.07) is 2.72. The highest BCUT2D eigenvalue weighted by molar-refractivity contribution is 5.78. The zero-order valence-electron chi connectivity index (χ0n) is 16.1. The van der Waals surface area contributed by atoms with Gasteiger partial charge in [-0.2, -0.15) is 0 Å². The van der Waals surface area contributed by atoms with Crippen LogP contribution in [-0.2, 0) is 11.3 Å². The molecule has 1 aromatic rings. The molecule has 5 rings (SSSR count). The number of hydrogen-bond donors (Lipinski definition) is 0. The minimum absolute atomic E-state index is 0.0155. The summed E-state index contributed by atoms with van der Waals surface area (Å²) in [6.45, 7) is 6.52. The lowest BCUT2D eigenvalue weighted by molar-refractivity contribution is -0.0167. The van der Waals surface area contributed by atoms with Gasteiger partial charge < -0.3 is 19.0 Å². The van der Waals surface area contributed by atoms with Crippen molar-refractivity contribution < 1.29 is 13.9 Å². The summed E-state index contributed by atoms with van der Waals surface area (Å²) in [7, 11) is 0. The quantitative estimate of drug-likeness (QED) is 0.796. The average molecular weight is 373 g/mol. The van der Waals surface area contributed by atoms with E-state index in [4.69, 9.17) is 9.15 Å². The van der Waals surface area contributed by atoms with Crippen LogP contribution < -0.4 is 0 Å². The molecule has 4 fully saturated rings. The number of carbonyl (C=O) groups is 1. The van der Waals surface area contributed by atoms with Crippen LogP contribution in [0.5, 0.6) is 0 Å². The SMILES string of the molecule is O=C1N(CC2CC2)CC2(CCOCC2)N1C1CCN(Cc2ccoc2)CC1. The van der Waals surface area contributed by atoms with Gasteiger partial charge in [0.2, 0.25) is 0 Å². The van der Waals surface area contributed by atoms with Crippen molar-refractivity contribution in [1.29, 1.82) is 0 Å². The number of furan rings is 1. The molecule has 1 aliphatic carbocycles. The number of hydrogen-bond acceptors (Lipinski definition) is 4. The van der Waals surface area contributed by atoms with Crippen LogP contribution in [0.15, 0.2) is 23.0 Å². The molecule has 2 amide bonds. The zero-order valence-corrected chi connectivity index (χ0v) is 16.1. The van der Waals surface area contributed by atoms with Gasteiger partial charge in [-0.05, 0) is 50.5 Å². The third-order valence-electron chi connectivity index (χ3n) is 6.98. The normalized spacial score (nSPS) is 27.0. The molecular formula is C21H31N3O3.